The minimum absolute atomic E-state index is 0.515. The summed E-state index contributed by atoms with van der Waals surface area (Å²) in [6, 6.07) is 8.62. The molecule has 1 heterocycles. The van der Waals surface area contributed by atoms with Crippen LogP contribution in [0.3, 0.4) is 0 Å². The highest BCUT2D eigenvalue weighted by Crippen LogP contribution is 2.36. The lowest BCUT2D eigenvalue weighted by Gasteiger charge is -2.12. The Labute approximate surface area is 94.9 Å². The van der Waals surface area contributed by atoms with Crippen molar-refractivity contribution in [3.8, 4) is 0 Å². The maximum atomic E-state index is 5.84. The average Bonchev–Trinajstić information content (AvgIpc) is 2.58. The Hall–Kier alpha value is -0.860. The third-order valence-corrected chi connectivity index (χ3v) is 4.11. The van der Waals surface area contributed by atoms with E-state index in [-0.39, 0.29) is 0 Å². The second kappa shape index (κ2) is 4.33. The molecule has 2 heteroatoms. The zero-order valence-electron chi connectivity index (χ0n) is 9.29. The molecule has 1 unspecified atom stereocenters. The first kappa shape index (κ1) is 10.7. The van der Waals surface area contributed by atoms with Crippen molar-refractivity contribution in [2.45, 2.75) is 26.2 Å². The molecule has 2 rings (SSSR count). The fourth-order valence-corrected chi connectivity index (χ4v) is 3.33. The van der Waals surface area contributed by atoms with Gasteiger partial charge in [-0.05, 0) is 42.8 Å². The molecule has 0 aliphatic heterocycles. The van der Waals surface area contributed by atoms with Gasteiger partial charge in [0.1, 0.15) is 0 Å². The van der Waals surface area contributed by atoms with Crippen LogP contribution in [0.4, 0.5) is 0 Å². The SMILES string of the molecule is CCC(CN)c1c(C)sc2ccccc12. The largest absolute Gasteiger partial charge is 0.330 e. The second-order valence-electron chi connectivity index (χ2n) is 3.91. The van der Waals surface area contributed by atoms with Crippen molar-refractivity contribution in [2.24, 2.45) is 5.73 Å². The summed E-state index contributed by atoms with van der Waals surface area (Å²) in [5.74, 6) is 0.515. The standard InChI is InChI=1S/C13H17NS/c1-3-10(8-14)13-9(2)15-12-7-5-4-6-11(12)13/h4-7,10H,3,8,14H2,1-2H3. The Bertz CT molecular complexity index is 455. The molecular formula is C13H17NS. The van der Waals surface area contributed by atoms with Crippen LogP contribution in [0.1, 0.15) is 29.7 Å². The lowest BCUT2D eigenvalue weighted by Crippen LogP contribution is -2.11. The first-order valence-corrected chi connectivity index (χ1v) is 6.27. The highest BCUT2D eigenvalue weighted by Gasteiger charge is 2.15. The first-order chi connectivity index (χ1) is 7.27. The molecule has 0 aliphatic rings. The van der Waals surface area contributed by atoms with E-state index in [0.29, 0.717) is 5.92 Å². The number of fused-ring (bicyclic) bond motifs is 1. The number of nitrogens with two attached hydrogens (primary N) is 1. The van der Waals surface area contributed by atoms with E-state index in [1.807, 2.05) is 11.3 Å². The summed E-state index contributed by atoms with van der Waals surface area (Å²) in [7, 11) is 0. The lowest BCUT2D eigenvalue weighted by atomic mass is 9.94. The van der Waals surface area contributed by atoms with E-state index in [2.05, 4.69) is 38.1 Å². The van der Waals surface area contributed by atoms with Crippen LogP contribution in [-0.4, -0.2) is 6.54 Å². The zero-order valence-corrected chi connectivity index (χ0v) is 10.1. The van der Waals surface area contributed by atoms with E-state index in [0.717, 1.165) is 13.0 Å². The van der Waals surface area contributed by atoms with E-state index in [1.165, 1.54) is 20.5 Å². The molecule has 1 atom stereocenters. The number of hydrogen-bond acceptors (Lipinski definition) is 2. The number of rotatable bonds is 3. The van der Waals surface area contributed by atoms with Gasteiger partial charge >= 0.3 is 0 Å². The molecule has 80 valence electrons. The molecule has 2 aromatic rings. The van der Waals surface area contributed by atoms with Crippen LogP contribution in [0.2, 0.25) is 0 Å². The molecule has 1 nitrogen and oxygen atoms in total. The summed E-state index contributed by atoms with van der Waals surface area (Å²) in [5.41, 5.74) is 7.31. The van der Waals surface area contributed by atoms with E-state index in [9.17, 15) is 0 Å². The van der Waals surface area contributed by atoms with E-state index in [4.69, 9.17) is 5.73 Å². The minimum atomic E-state index is 0.515. The van der Waals surface area contributed by atoms with Crippen LogP contribution < -0.4 is 5.73 Å². The molecule has 0 aliphatic carbocycles. The van der Waals surface area contributed by atoms with Crippen molar-refractivity contribution in [1.29, 1.82) is 0 Å². The Morgan fingerprint density at radius 2 is 2.07 bits per heavy atom. The van der Waals surface area contributed by atoms with Gasteiger partial charge in [0, 0.05) is 9.58 Å². The molecule has 1 aromatic heterocycles. The predicted molar refractivity (Wildman–Crippen MR) is 68.6 cm³/mol. The highest BCUT2D eigenvalue weighted by atomic mass is 32.1. The Balaban J connectivity index is 2.62. The molecule has 0 saturated carbocycles. The molecule has 0 spiro atoms. The van der Waals surface area contributed by atoms with Crippen molar-refractivity contribution in [3.63, 3.8) is 0 Å². The molecule has 0 fully saturated rings. The topological polar surface area (TPSA) is 26.0 Å². The average molecular weight is 219 g/mol. The van der Waals surface area contributed by atoms with Crippen molar-refractivity contribution in [1.82, 2.24) is 0 Å². The Morgan fingerprint density at radius 3 is 2.73 bits per heavy atom. The van der Waals surface area contributed by atoms with E-state index >= 15 is 0 Å². The fraction of sp³-hybridized carbons (Fsp3) is 0.385. The molecule has 2 N–H and O–H groups in total. The summed E-state index contributed by atoms with van der Waals surface area (Å²) in [6.07, 6.45) is 1.12. The molecule has 0 radical (unpaired) electrons. The van der Waals surface area contributed by atoms with Crippen LogP contribution in [0, 0.1) is 6.92 Å². The van der Waals surface area contributed by atoms with Crippen molar-refractivity contribution >= 4 is 21.4 Å². The molecule has 0 bridgehead atoms. The van der Waals surface area contributed by atoms with Gasteiger partial charge in [-0.2, -0.15) is 0 Å². The van der Waals surface area contributed by atoms with E-state index in [1.54, 1.807) is 0 Å². The maximum Gasteiger partial charge on any atom is 0.0348 e. The van der Waals surface area contributed by atoms with Crippen molar-refractivity contribution < 1.29 is 0 Å². The van der Waals surface area contributed by atoms with Crippen molar-refractivity contribution in [2.75, 3.05) is 6.54 Å². The molecule has 1 aromatic carbocycles. The van der Waals surface area contributed by atoms with E-state index < -0.39 is 0 Å². The third-order valence-electron chi connectivity index (χ3n) is 3.01. The van der Waals surface area contributed by atoms with Gasteiger partial charge in [-0.15, -0.1) is 11.3 Å². The maximum absolute atomic E-state index is 5.84. The van der Waals surface area contributed by atoms with Gasteiger partial charge in [-0.3, -0.25) is 0 Å². The van der Waals surface area contributed by atoms with Gasteiger partial charge in [-0.25, -0.2) is 0 Å². The molecule has 0 amide bonds. The van der Waals surface area contributed by atoms with Gasteiger partial charge in [0.2, 0.25) is 0 Å². The van der Waals surface area contributed by atoms with Gasteiger partial charge in [-0.1, -0.05) is 25.1 Å². The molecular weight excluding hydrogens is 202 g/mol. The summed E-state index contributed by atoms with van der Waals surface area (Å²) in [4.78, 5) is 1.42. The smallest absolute Gasteiger partial charge is 0.0348 e. The normalized spacial score (nSPS) is 13.3. The fourth-order valence-electron chi connectivity index (χ4n) is 2.18. The second-order valence-corrected chi connectivity index (χ2v) is 5.17. The number of hydrogen-bond donors (Lipinski definition) is 1. The minimum Gasteiger partial charge on any atom is -0.330 e. The number of aryl methyl sites for hydroxylation is 1. The zero-order chi connectivity index (χ0) is 10.8. The third kappa shape index (κ3) is 1.80. The van der Waals surface area contributed by atoms with Gasteiger partial charge in [0.25, 0.3) is 0 Å². The van der Waals surface area contributed by atoms with Gasteiger partial charge in [0.05, 0.1) is 0 Å². The summed E-state index contributed by atoms with van der Waals surface area (Å²) >= 11 is 1.88. The van der Waals surface area contributed by atoms with Crippen molar-refractivity contribution in [3.05, 3.63) is 34.7 Å². The van der Waals surface area contributed by atoms with Gasteiger partial charge in [0.15, 0.2) is 0 Å². The quantitative estimate of drug-likeness (QED) is 0.837. The summed E-state index contributed by atoms with van der Waals surface area (Å²) < 4.78 is 1.39. The monoisotopic (exact) mass is 219 g/mol. The number of benzene rings is 1. The summed E-state index contributed by atoms with van der Waals surface area (Å²) in [6.45, 7) is 5.17. The predicted octanol–water partition coefficient (Wildman–Crippen LogP) is 3.66. The lowest BCUT2D eigenvalue weighted by molar-refractivity contribution is 0.678. The summed E-state index contributed by atoms with van der Waals surface area (Å²) in [5, 5.41) is 1.40. The van der Waals surface area contributed by atoms with Crippen LogP contribution >= 0.6 is 11.3 Å². The van der Waals surface area contributed by atoms with Crippen LogP contribution in [0.15, 0.2) is 24.3 Å². The van der Waals surface area contributed by atoms with Crippen LogP contribution in [0.5, 0.6) is 0 Å². The molecule has 0 saturated heterocycles. The number of thiophene rings is 1. The first-order valence-electron chi connectivity index (χ1n) is 5.46. The highest BCUT2D eigenvalue weighted by molar-refractivity contribution is 7.19. The molecule has 15 heavy (non-hydrogen) atoms. The van der Waals surface area contributed by atoms with Crippen LogP contribution in [0.25, 0.3) is 10.1 Å². The van der Waals surface area contributed by atoms with Crippen LogP contribution in [-0.2, 0) is 0 Å². The van der Waals surface area contributed by atoms with Gasteiger partial charge < -0.3 is 5.73 Å². The Kier molecular flexibility index (Phi) is 3.08. The Morgan fingerprint density at radius 1 is 1.33 bits per heavy atom.